The van der Waals surface area contributed by atoms with Crippen molar-refractivity contribution in [3.05, 3.63) is 29.3 Å². The molecule has 4 heteroatoms. The van der Waals surface area contributed by atoms with E-state index in [9.17, 15) is 4.79 Å². The van der Waals surface area contributed by atoms with Gasteiger partial charge in [-0.15, -0.1) is 0 Å². The molecule has 1 saturated heterocycles. The van der Waals surface area contributed by atoms with Crippen LogP contribution in [0.3, 0.4) is 0 Å². The maximum Gasteiger partial charge on any atom is 0.251 e. The molecule has 2 N–H and O–H groups in total. The minimum Gasteiger partial charge on any atom is -0.385 e. The Morgan fingerprint density at radius 2 is 2.10 bits per heavy atom. The Hall–Kier alpha value is -1.55. The molecule has 1 amide bonds. The van der Waals surface area contributed by atoms with E-state index in [2.05, 4.69) is 15.5 Å². The quantitative estimate of drug-likeness (QED) is 0.817. The number of rotatable bonds is 5. The van der Waals surface area contributed by atoms with Gasteiger partial charge in [-0.2, -0.15) is 0 Å². The van der Waals surface area contributed by atoms with Crippen LogP contribution < -0.4 is 10.6 Å². The van der Waals surface area contributed by atoms with Crippen molar-refractivity contribution < 1.29 is 4.79 Å². The van der Waals surface area contributed by atoms with Crippen molar-refractivity contribution in [2.45, 2.75) is 32.1 Å². The standard InChI is InChI=1S/C17H25N3O/c21-17(19-9-4-12-20-10-1-2-11-20)15-6-7-16-14(13-15)5-3-8-18-16/h6-7,13,18H,1-5,8-12H2,(H,19,21). The molecule has 0 bridgehead atoms. The summed E-state index contributed by atoms with van der Waals surface area (Å²) in [4.78, 5) is 14.7. The lowest BCUT2D eigenvalue weighted by atomic mass is 10.0. The number of benzene rings is 1. The van der Waals surface area contributed by atoms with Crippen LogP contribution >= 0.6 is 0 Å². The van der Waals surface area contributed by atoms with E-state index in [1.165, 1.54) is 37.2 Å². The molecule has 0 saturated carbocycles. The van der Waals surface area contributed by atoms with Crippen LogP contribution in [0.15, 0.2) is 18.2 Å². The first-order chi connectivity index (χ1) is 10.3. The Morgan fingerprint density at radius 1 is 1.24 bits per heavy atom. The van der Waals surface area contributed by atoms with Gasteiger partial charge in [0, 0.05) is 24.3 Å². The van der Waals surface area contributed by atoms with Gasteiger partial charge in [0.25, 0.3) is 5.91 Å². The van der Waals surface area contributed by atoms with Gasteiger partial charge < -0.3 is 15.5 Å². The van der Waals surface area contributed by atoms with E-state index in [1.807, 2.05) is 18.2 Å². The summed E-state index contributed by atoms with van der Waals surface area (Å²) in [5.41, 5.74) is 3.25. The monoisotopic (exact) mass is 287 g/mol. The summed E-state index contributed by atoms with van der Waals surface area (Å²) in [6, 6.07) is 6.00. The van der Waals surface area contributed by atoms with Crippen molar-refractivity contribution in [2.75, 3.05) is 38.0 Å². The van der Waals surface area contributed by atoms with E-state index >= 15 is 0 Å². The van der Waals surface area contributed by atoms with Crippen LogP contribution in [0.5, 0.6) is 0 Å². The molecular formula is C17H25N3O. The third-order valence-corrected chi connectivity index (χ3v) is 4.44. The highest BCUT2D eigenvalue weighted by molar-refractivity contribution is 5.94. The zero-order chi connectivity index (χ0) is 14.5. The molecule has 0 aromatic heterocycles. The van der Waals surface area contributed by atoms with E-state index < -0.39 is 0 Å². The molecule has 3 rings (SSSR count). The molecule has 2 aliphatic rings. The number of carbonyl (C=O) groups is 1. The van der Waals surface area contributed by atoms with Crippen molar-refractivity contribution >= 4 is 11.6 Å². The van der Waals surface area contributed by atoms with Crippen LogP contribution in [0.25, 0.3) is 0 Å². The molecule has 0 atom stereocenters. The molecule has 1 aromatic rings. The van der Waals surface area contributed by atoms with Crippen molar-refractivity contribution in [3.63, 3.8) is 0 Å². The maximum atomic E-state index is 12.2. The smallest absolute Gasteiger partial charge is 0.251 e. The normalized spacial score (nSPS) is 18.1. The van der Waals surface area contributed by atoms with Crippen LogP contribution in [-0.4, -0.2) is 43.5 Å². The Balaban J connectivity index is 1.46. The molecule has 0 aliphatic carbocycles. The summed E-state index contributed by atoms with van der Waals surface area (Å²) in [7, 11) is 0. The Bertz CT molecular complexity index is 495. The molecular weight excluding hydrogens is 262 g/mol. The van der Waals surface area contributed by atoms with Crippen molar-refractivity contribution in [3.8, 4) is 0 Å². The number of hydrogen-bond acceptors (Lipinski definition) is 3. The van der Waals surface area contributed by atoms with Gasteiger partial charge in [-0.3, -0.25) is 4.79 Å². The summed E-state index contributed by atoms with van der Waals surface area (Å²) in [5, 5.41) is 6.42. The van der Waals surface area contributed by atoms with Crippen LogP contribution in [0.2, 0.25) is 0 Å². The lowest BCUT2D eigenvalue weighted by Crippen LogP contribution is -2.28. The second-order valence-corrected chi connectivity index (χ2v) is 6.06. The highest BCUT2D eigenvalue weighted by Gasteiger charge is 2.13. The fourth-order valence-corrected chi connectivity index (χ4v) is 3.23. The molecule has 0 radical (unpaired) electrons. The van der Waals surface area contributed by atoms with Crippen LogP contribution in [0, 0.1) is 0 Å². The third kappa shape index (κ3) is 3.76. The van der Waals surface area contributed by atoms with Crippen molar-refractivity contribution in [1.29, 1.82) is 0 Å². The predicted octanol–water partition coefficient (Wildman–Crippen LogP) is 2.26. The average molecular weight is 287 g/mol. The zero-order valence-corrected chi connectivity index (χ0v) is 12.7. The van der Waals surface area contributed by atoms with Gasteiger partial charge in [0.05, 0.1) is 0 Å². The highest BCUT2D eigenvalue weighted by atomic mass is 16.1. The third-order valence-electron chi connectivity index (χ3n) is 4.44. The summed E-state index contributed by atoms with van der Waals surface area (Å²) in [6.45, 7) is 5.37. The molecule has 2 aliphatic heterocycles. The number of aryl methyl sites for hydroxylation is 1. The predicted molar refractivity (Wildman–Crippen MR) is 85.9 cm³/mol. The number of nitrogens with zero attached hydrogens (tertiary/aromatic N) is 1. The van der Waals surface area contributed by atoms with Crippen molar-refractivity contribution in [2.24, 2.45) is 0 Å². The fraction of sp³-hybridized carbons (Fsp3) is 0.588. The molecule has 114 valence electrons. The minimum absolute atomic E-state index is 0.0600. The number of fused-ring (bicyclic) bond motifs is 1. The van der Waals surface area contributed by atoms with Crippen LogP contribution in [0.4, 0.5) is 5.69 Å². The van der Waals surface area contributed by atoms with E-state index in [0.29, 0.717) is 0 Å². The summed E-state index contributed by atoms with van der Waals surface area (Å²) in [6.07, 6.45) is 5.91. The van der Waals surface area contributed by atoms with Crippen LogP contribution in [0.1, 0.15) is 41.6 Å². The first kappa shape index (κ1) is 14.4. The van der Waals surface area contributed by atoms with Gasteiger partial charge in [0.2, 0.25) is 0 Å². The van der Waals surface area contributed by atoms with Gasteiger partial charge in [0.1, 0.15) is 0 Å². The molecule has 21 heavy (non-hydrogen) atoms. The second kappa shape index (κ2) is 6.94. The number of carbonyl (C=O) groups excluding carboxylic acids is 1. The number of likely N-dealkylation sites (tertiary alicyclic amines) is 1. The first-order valence-electron chi connectivity index (χ1n) is 8.20. The van der Waals surface area contributed by atoms with Crippen molar-refractivity contribution in [1.82, 2.24) is 10.2 Å². The number of nitrogens with one attached hydrogen (secondary N) is 2. The van der Waals surface area contributed by atoms with Gasteiger partial charge in [-0.05, 0) is 75.5 Å². The van der Waals surface area contributed by atoms with Crippen LogP contribution in [-0.2, 0) is 6.42 Å². The number of anilines is 1. The summed E-state index contributed by atoms with van der Waals surface area (Å²) in [5.74, 6) is 0.0600. The molecule has 0 unspecified atom stereocenters. The molecule has 2 heterocycles. The zero-order valence-electron chi connectivity index (χ0n) is 12.7. The number of hydrogen-bond donors (Lipinski definition) is 2. The Kier molecular flexibility index (Phi) is 4.76. The molecule has 1 fully saturated rings. The van der Waals surface area contributed by atoms with Gasteiger partial charge >= 0.3 is 0 Å². The topological polar surface area (TPSA) is 44.4 Å². The van der Waals surface area contributed by atoms with Gasteiger partial charge in [-0.25, -0.2) is 0 Å². The van der Waals surface area contributed by atoms with E-state index in [1.54, 1.807) is 0 Å². The fourth-order valence-electron chi connectivity index (χ4n) is 3.23. The largest absolute Gasteiger partial charge is 0.385 e. The molecule has 1 aromatic carbocycles. The lowest BCUT2D eigenvalue weighted by Gasteiger charge is -2.18. The lowest BCUT2D eigenvalue weighted by molar-refractivity contribution is 0.0952. The Labute approximate surface area is 126 Å². The SMILES string of the molecule is O=C(NCCCN1CCCC1)c1ccc2c(c1)CCCN2. The van der Waals surface area contributed by atoms with E-state index in [4.69, 9.17) is 0 Å². The molecule has 4 nitrogen and oxygen atoms in total. The second-order valence-electron chi connectivity index (χ2n) is 6.06. The minimum atomic E-state index is 0.0600. The molecule has 0 spiro atoms. The Morgan fingerprint density at radius 3 is 2.95 bits per heavy atom. The average Bonchev–Trinajstić information content (AvgIpc) is 3.04. The van der Waals surface area contributed by atoms with Gasteiger partial charge in [-0.1, -0.05) is 0 Å². The first-order valence-corrected chi connectivity index (χ1v) is 8.20. The van der Waals surface area contributed by atoms with Gasteiger partial charge in [0.15, 0.2) is 0 Å². The number of amides is 1. The summed E-state index contributed by atoms with van der Waals surface area (Å²) >= 11 is 0. The van der Waals surface area contributed by atoms with E-state index in [-0.39, 0.29) is 5.91 Å². The maximum absolute atomic E-state index is 12.2. The van der Waals surface area contributed by atoms with E-state index in [0.717, 1.165) is 44.5 Å². The highest BCUT2D eigenvalue weighted by Crippen LogP contribution is 2.22. The summed E-state index contributed by atoms with van der Waals surface area (Å²) < 4.78 is 0.